The smallest absolute Gasteiger partial charge is 0.365 e. The number of halogens is 3. The molecular weight excluding hydrogens is 318 g/mol. The van der Waals surface area contributed by atoms with Gasteiger partial charge < -0.3 is 10.6 Å². The van der Waals surface area contributed by atoms with Gasteiger partial charge in [-0.25, -0.2) is 9.18 Å². The highest BCUT2D eigenvalue weighted by molar-refractivity contribution is 6.36. The molecule has 0 aliphatic rings. The summed E-state index contributed by atoms with van der Waals surface area (Å²) in [6, 6.07) is 9.61. The maximum atomic E-state index is 13.0. The van der Waals surface area contributed by atoms with Gasteiger partial charge in [-0.05, 0) is 36.4 Å². The van der Waals surface area contributed by atoms with Gasteiger partial charge in [0.2, 0.25) is 0 Å². The van der Waals surface area contributed by atoms with Crippen molar-refractivity contribution in [1.82, 2.24) is 0 Å². The molecule has 0 aliphatic carbocycles. The van der Waals surface area contributed by atoms with E-state index in [-0.39, 0.29) is 16.4 Å². The molecule has 7 heteroatoms. The van der Waals surface area contributed by atoms with Crippen LogP contribution in [-0.4, -0.2) is 11.8 Å². The van der Waals surface area contributed by atoms with Crippen molar-refractivity contribution in [2.45, 2.75) is 0 Å². The highest BCUT2D eigenvalue weighted by atomic mass is 35.5. The molecule has 0 fully saturated rings. The Bertz CT molecular complexity index is 720. The largest absolute Gasteiger partial charge is 0.380 e. The van der Waals surface area contributed by atoms with E-state index < -0.39 is 11.8 Å². The average molecular weight is 327 g/mol. The minimum atomic E-state index is -0.831. The summed E-state index contributed by atoms with van der Waals surface area (Å²) in [5.74, 6) is -1.48. The normalized spacial score (nSPS) is 11.3. The van der Waals surface area contributed by atoms with Gasteiger partial charge in [-0.15, -0.1) is 0 Å². The molecule has 2 aromatic carbocycles. The van der Waals surface area contributed by atoms with Gasteiger partial charge in [0.05, 0.1) is 10.6 Å². The van der Waals surface area contributed by atoms with E-state index in [1.54, 1.807) is 12.1 Å². The summed E-state index contributed by atoms with van der Waals surface area (Å²) >= 11 is 11.7. The molecule has 0 amide bonds. The van der Waals surface area contributed by atoms with E-state index in [4.69, 9.17) is 28.9 Å². The number of oxime groups is 1. The Morgan fingerprint density at radius 2 is 1.95 bits per heavy atom. The van der Waals surface area contributed by atoms with Crippen molar-refractivity contribution in [1.29, 1.82) is 0 Å². The van der Waals surface area contributed by atoms with Gasteiger partial charge in [0.1, 0.15) is 5.82 Å². The molecule has 0 saturated heterocycles. The fourth-order valence-corrected chi connectivity index (χ4v) is 2.01. The number of rotatable bonds is 3. The number of nitrogens with zero attached hydrogens (tertiary/aromatic N) is 1. The first-order valence-electron chi connectivity index (χ1n) is 5.73. The lowest BCUT2D eigenvalue weighted by Gasteiger charge is -2.04. The van der Waals surface area contributed by atoms with Crippen LogP contribution in [0, 0.1) is 5.82 Å². The molecule has 0 atom stereocenters. The maximum Gasteiger partial charge on any atom is 0.365 e. The van der Waals surface area contributed by atoms with Gasteiger partial charge in [0.25, 0.3) is 0 Å². The van der Waals surface area contributed by atoms with E-state index in [9.17, 15) is 9.18 Å². The van der Waals surface area contributed by atoms with Crippen molar-refractivity contribution in [2.75, 3.05) is 0 Å². The van der Waals surface area contributed by atoms with Crippen molar-refractivity contribution in [3.8, 4) is 0 Å². The van der Waals surface area contributed by atoms with Gasteiger partial charge in [0, 0.05) is 10.6 Å². The zero-order valence-corrected chi connectivity index (χ0v) is 12.0. The summed E-state index contributed by atoms with van der Waals surface area (Å²) in [5.41, 5.74) is 6.06. The monoisotopic (exact) mass is 326 g/mol. The van der Waals surface area contributed by atoms with Crippen LogP contribution in [0.3, 0.4) is 0 Å². The standard InChI is InChI=1S/C14H9Cl2FN2O2/c15-9-4-5-11(12(16)7-9)13(18)19-21-14(20)8-2-1-3-10(17)6-8/h1-7H,(H2,18,19). The van der Waals surface area contributed by atoms with Gasteiger partial charge >= 0.3 is 5.97 Å². The first kappa shape index (κ1) is 15.3. The third-order valence-corrected chi connectivity index (χ3v) is 3.04. The molecule has 21 heavy (non-hydrogen) atoms. The van der Waals surface area contributed by atoms with E-state index >= 15 is 0 Å². The second kappa shape index (κ2) is 6.56. The van der Waals surface area contributed by atoms with Crippen LogP contribution in [0.1, 0.15) is 15.9 Å². The van der Waals surface area contributed by atoms with E-state index in [1.807, 2.05) is 0 Å². The third kappa shape index (κ3) is 3.93. The van der Waals surface area contributed by atoms with Gasteiger partial charge in [-0.1, -0.05) is 34.4 Å². The van der Waals surface area contributed by atoms with E-state index in [1.165, 1.54) is 24.3 Å². The van der Waals surface area contributed by atoms with Crippen molar-refractivity contribution >= 4 is 35.0 Å². The molecule has 0 heterocycles. The highest BCUT2D eigenvalue weighted by Crippen LogP contribution is 2.20. The van der Waals surface area contributed by atoms with E-state index in [0.717, 1.165) is 6.07 Å². The van der Waals surface area contributed by atoms with Crippen LogP contribution in [0.5, 0.6) is 0 Å². The van der Waals surface area contributed by atoms with Gasteiger partial charge in [0.15, 0.2) is 5.84 Å². The topological polar surface area (TPSA) is 64.7 Å². The fourth-order valence-electron chi connectivity index (χ4n) is 1.51. The predicted molar refractivity (Wildman–Crippen MR) is 79.0 cm³/mol. The van der Waals surface area contributed by atoms with Crippen molar-refractivity contribution in [3.05, 3.63) is 69.5 Å². The zero-order chi connectivity index (χ0) is 15.4. The van der Waals surface area contributed by atoms with E-state index in [0.29, 0.717) is 10.6 Å². The number of hydrogen-bond donors (Lipinski definition) is 1. The first-order valence-corrected chi connectivity index (χ1v) is 6.49. The molecule has 0 saturated carbocycles. The second-order valence-electron chi connectivity index (χ2n) is 3.99. The van der Waals surface area contributed by atoms with Crippen molar-refractivity contribution < 1.29 is 14.0 Å². The lowest BCUT2D eigenvalue weighted by Crippen LogP contribution is -2.15. The molecule has 0 spiro atoms. The lowest BCUT2D eigenvalue weighted by molar-refractivity contribution is 0.0515. The lowest BCUT2D eigenvalue weighted by atomic mass is 10.2. The molecule has 0 bridgehead atoms. The van der Waals surface area contributed by atoms with Crippen LogP contribution >= 0.6 is 23.2 Å². The van der Waals surface area contributed by atoms with Crippen LogP contribution in [0.4, 0.5) is 4.39 Å². The molecule has 0 aliphatic heterocycles. The number of carbonyl (C=O) groups excluding carboxylic acids is 1. The molecule has 2 rings (SSSR count). The number of carbonyl (C=O) groups is 1. The van der Waals surface area contributed by atoms with Crippen LogP contribution in [0.25, 0.3) is 0 Å². The Labute approximate surface area is 129 Å². The molecule has 2 N–H and O–H groups in total. The molecule has 2 aromatic rings. The Morgan fingerprint density at radius 3 is 2.62 bits per heavy atom. The van der Waals surface area contributed by atoms with Crippen LogP contribution in [0.2, 0.25) is 10.0 Å². The Kier molecular flexibility index (Phi) is 4.77. The van der Waals surface area contributed by atoms with Gasteiger partial charge in [-0.3, -0.25) is 0 Å². The fraction of sp³-hybridized carbons (Fsp3) is 0. The number of hydrogen-bond acceptors (Lipinski definition) is 3. The van der Waals surface area contributed by atoms with Crippen molar-refractivity contribution in [2.24, 2.45) is 10.9 Å². The first-order chi connectivity index (χ1) is 9.97. The van der Waals surface area contributed by atoms with Crippen LogP contribution in [-0.2, 0) is 4.84 Å². The number of nitrogens with two attached hydrogens (primary N) is 1. The Balaban J connectivity index is 2.15. The molecule has 4 nitrogen and oxygen atoms in total. The molecule has 108 valence electrons. The Hall–Kier alpha value is -2.11. The average Bonchev–Trinajstić information content (AvgIpc) is 2.44. The van der Waals surface area contributed by atoms with Crippen LogP contribution < -0.4 is 5.73 Å². The van der Waals surface area contributed by atoms with Crippen molar-refractivity contribution in [3.63, 3.8) is 0 Å². The molecular formula is C14H9Cl2FN2O2. The SMILES string of the molecule is N/C(=N\OC(=O)c1cccc(F)c1)c1ccc(Cl)cc1Cl. The Morgan fingerprint density at radius 1 is 1.19 bits per heavy atom. The summed E-state index contributed by atoms with van der Waals surface area (Å²) in [4.78, 5) is 16.3. The second-order valence-corrected chi connectivity index (χ2v) is 4.83. The third-order valence-electron chi connectivity index (χ3n) is 2.49. The zero-order valence-electron chi connectivity index (χ0n) is 10.5. The summed E-state index contributed by atoms with van der Waals surface area (Å²) in [7, 11) is 0. The number of benzene rings is 2. The summed E-state index contributed by atoms with van der Waals surface area (Å²) in [6.45, 7) is 0. The molecule has 0 unspecified atom stereocenters. The van der Waals surface area contributed by atoms with Crippen LogP contribution in [0.15, 0.2) is 47.6 Å². The minimum Gasteiger partial charge on any atom is -0.380 e. The summed E-state index contributed by atoms with van der Waals surface area (Å²) in [6.07, 6.45) is 0. The molecule has 0 aromatic heterocycles. The summed E-state index contributed by atoms with van der Waals surface area (Å²) < 4.78 is 13.0. The van der Waals surface area contributed by atoms with Gasteiger partial charge in [-0.2, -0.15) is 0 Å². The van der Waals surface area contributed by atoms with E-state index in [2.05, 4.69) is 9.99 Å². The molecule has 0 radical (unpaired) electrons. The quantitative estimate of drug-likeness (QED) is 0.405. The summed E-state index contributed by atoms with van der Waals surface area (Å²) in [5, 5.41) is 4.19. The highest BCUT2D eigenvalue weighted by Gasteiger charge is 2.10. The number of amidine groups is 1. The maximum absolute atomic E-state index is 13.0. The minimum absolute atomic E-state index is 0.0220. The predicted octanol–water partition coefficient (Wildman–Crippen LogP) is 3.61.